The molecule has 1 unspecified atom stereocenters. The number of aliphatic imine (C=N–C) groups is 1. The molecule has 0 saturated heterocycles. The predicted molar refractivity (Wildman–Crippen MR) is 115 cm³/mol. The minimum absolute atomic E-state index is 0. The molecule has 1 rings (SSSR count). The van der Waals surface area contributed by atoms with Crippen molar-refractivity contribution in [1.29, 1.82) is 0 Å². The zero-order valence-electron chi connectivity index (χ0n) is 15.5. The highest BCUT2D eigenvalue weighted by Crippen LogP contribution is 2.16. The lowest BCUT2D eigenvalue weighted by Crippen LogP contribution is -2.46. The van der Waals surface area contributed by atoms with E-state index in [4.69, 9.17) is 0 Å². The first-order valence-electron chi connectivity index (χ1n) is 8.03. The summed E-state index contributed by atoms with van der Waals surface area (Å²) in [6.45, 7) is 11.2. The van der Waals surface area contributed by atoms with Gasteiger partial charge in [-0.05, 0) is 26.0 Å². The van der Waals surface area contributed by atoms with E-state index in [1.54, 1.807) is 7.05 Å². The summed E-state index contributed by atoms with van der Waals surface area (Å²) in [4.78, 5) is 18.7. The van der Waals surface area contributed by atoms with Gasteiger partial charge in [0.15, 0.2) is 5.96 Å². The third-order valence-electron chi connectivity index (χ3n) is 3.29. The first-order chi connectivity index (χ1) is 10.7. The number of aryl methyl sites for hydroxylation is 1. The summed E-state index contributed by atoms with van der Waals surface area (Å²) in [5.74, 6) is 0.819. The molecule has 0 aromatic carbocycles. The first kappa shape index (κ1) is 23.2. The molecular weight excluding hydrogens is 435 g/mol. The van der Waals surface area contributed by atoms with Gasteiger partial charge in [0.1, 0.15) is 0 Å². The van der Waals surface area contributed by atoms with E-state index in [2.05, 4.69) is 46.9 Å². The van der Waals surface area contributed by atoms with Gasteiger partial charge in [0.2, 0.25) is 5.91 Å². The molecule has 1 heterocycles. The molecule has 0 bridgehead atoms. The van der Waals surface area contributed by atoms with Gasteiger partial charge in [-0.25, -0.2) is 0 Å². The van der Waals surface area contributed by atoms with E-state index < -0.39 is 0 Å². The number of hydrogen-bond acceptors (Lipinski definition) is 3. The Morgan fingerprint density at radius 3 is 2.38 bits per heavy atom. The SMILES string of the molecule is CN=C(NCCNC(=O)C(C)(C)C)NC(C)Cc1ccc(C)s1.I. The Labute approximate surface area is 167 Å². The van der Waals surface area contributed by atoms with E-state index in [1.165, 1.54) is 9.75 Å². The topological polar surface area (TPSA) is 65.5 Å². The lowest BCUT2D eigenvalue weighted by atomic mass is 9.96. The molecule has 1 amide bonds. The maximum atomic E-state index is 11.8. The summed E-state index contributed by atoms with van der Waals surface area (Å²) in [7, 11) is 1.76. The number of carbonyl (C=O) groups is 1. The summed E-state index contributed by atoms with van der Waals surface area (Å²) in [6.07, 6.45) is 0.972. The second-order valence-electron chi connectivity index (χ2n) is 6.77. The Morgan fingerprint density at radius 2 is 1.88 bits per heavy atom. The maximum absolute atomic E-state index is 11.8. The Bertz CT molecular complexity index is 537. The number of thiophene rings is 1. The Morgan fingerprint density at radius 1 is 1.25 bits per heavy atom. The summed E-state index contributed by atoms with van der Waals surface area (Å²) in [6, 6.07) is 4.62. The highest BCUT2D eigenvalue weighted by molar-refractivity contribution is 14.0. The van der Waals surface area contributed by atoms with Crippen molar-refractivity contribution in [2.75, 3.05) is 20.1 Å². The monoisotopic (exact) mass is 466 g/mol. The van der Waals surface area contributed by atoms with Crippen molar-refractivity contribution in [3.05, 3.63) is 21.9 Å². The van der Waals surface area contributed by atoms with Crippen LogP contribution in [-0.4, -0.2) is 38.0 Å². The van der Waals surface area contributed by atoms with Crippen LogP contribution in [0.1, 0.15) is 37.4 Å². The normalized spacial score (nSPS) is 13.0. The number of nitrogens with zero attached hydrogens (tertiary/aromatic N) is 1. The molecule has 1 aromatic heterocycles. The zero-order valence-corrected chi connectivity index (χ0v) is 18.7. The highest BCUT2D eigenvalue weighted by atomic mass is 127. The first-order valence-corrected chi connectivity index (χ1v) is 8.85. The number of guanidine groups is 1. The van der Waals surface area contributed by atoms with Crippen LogP contribution in [0.2, 0.25) is 0 Å². The molecule has 0 saturated carbocycles. The number of nitrogens with one attached hydrogen (secondary N) is 3. The Balaban J connectivity index is 0.00000529. The molecule has 24 heavy (non-hydrogen) atoms. The van der Waals surface area contributed by atoms with E-state index in [0.29, 0.717) is 19.1 Å². The van der Waals surface area contributed by atoms with E-state index in [0.717, 1.165) is 12.4 Å². The zero-order chi connectivity index (χ0) is 17.5. The van der Waals surface area contributed by atoms with Crippen molar-refractivity contribution in [2.24, 2.45) is 10.4 Å². The third-order valence-corrected chi connectivity index (χ3v) is 4.32. The number of carbonyl (C=O) groups excluding carboxylic acids is 1. The molecule has 0 fully saturated rings. The van der Waals surface area contributed by atoms with Gasteiger partial charge in [0, 0.05) is 47.8 Å². The molecule has 138 valence electrons. The molecular formula is C17H31IN4OS. The van der Waals surface area contributed by atoms with E-state index in [-0.39, 0.29) is 35.3 Å². The molecule has 0 radical (unpaired) electrons. The van der Waals surface area contributed by atoms with Gasteiger partial charge in [-0.3, -0.25) is 9.79 Å². The molecule has 7 heteroatoms. The molecule has 3 N–H and O–H groups in total. The smallest absolute Gasteiger partial charge is 0.225 e. The fraction of sp³-hybridized carbons (Fsp3) is 0.647. The fourth-order valence-electron chi connectivity index (χ4n) is 2.00. The minimum atomic E-state index is -0.354. The van der Waals surface area contributed by atoms with Crippen LogP contribution in [0.3, 0.4) is 0 Å². The summed E-state index contributed by atoms with van der Waals surface area (Å²) in [5.41, 5.74) is -0.354. The second-order valence-corrected chi connectivity index (χ2v) is 8.14. The average molecular weight is 466 g/mol. The number of halogens is 1. The quantitative estimate of drug-likeness (QED) is 0.262. The van der Waals surface area contributed by atoms with Crippen LogP contribution in [0, 0.1) is 12.3 Å². The van der Waals surface area contributed by atoms with Gasteiger partial charge >= 0.3 is 0 Å². The molecule has 0 aliphatic heterocycles. The van der Waals surface area contributed by atoms with Crippen LogP contribution in [0.25, 0.3) is 0 Å². The molecule has 1 atom stereocenters. The number of hydrogen-bond donors (Lipinski definition) is 3. The lowest BCUT2D eigenvalue weighted by molar-refractivity contribution is -0.128. The Kier molecular flexibility index (Phi) is 10.5. The number of amides is 1. The van der Waals surface area contributed by atoms with E-state index >= 15 is 0 Å². The van der Waals surface area contributed by atoms with E-state index in [1.807, 2.05) is 32.1 Å². The van der Waals surface area contributed by atoms with Crippen molar-refractivity contribution in [3.8, 4) is 0 Å². The molecule has 1 aromatic rings. The summed E-state index contributed by atoms with van der Waals surface area (Å²) < 4.78 is 0. The summed E-state index contributed by atoms with van der Waals surface area (Å²) >= 11 is 1.83. The van der Waals surface area contributed by atoms with Crippen LogP contribution in [0.4, 0.5) is 0 Å². The minimum Gasteiger partial charge on any atom is -0.355 e. The van der Waals surface area contributed by atoms with Gasteiger partial charge in [-0.2, -0.15) is 0 Å². The second kappa shape index (κ2) is 10.9. The van der Waals surface area contributed by atoms with Gasteiger partial charge in [-0.15, -0.1) is 35.3 Å². The fourth-order valence-corrected chi connectivity index (χ4v) is 3.02. The van der Waals surface area contributed by atoms with Crippen molar-refractivity contribution < 1.29 is 4.79 Å². The lowest BCUT2D eigenvalue weighted by Gasteiger charge is -2.19. The van der Waals surface area contributed by atoms with Gasteiger partial charge < -0.3 is 16.0 Å². The van der Waals surface area contributed by atoms with Gasteiger partial charge in [-0.1, -0.05) is 20.8 Å². The standard InChI is InChI=1S/C17H30N4OS.HI/c1-12(11-14-8-7-13(2)23-14)21-16(18-6)20-10-9-19-15(22)17(3,4)5;/h7-8,12H,9-11H2,1-6H3,(H,19,22)(H2,18,20,21);1H. The van der Waals surface area contributed by atoms with Gasteiger partial charge in [0.05, 0.1) is 0 Å². The van der Waals surface area contributed by atoms with E-state index in [9.17, 15) is 4.79 Å². The van der Waals surface area contributed by atoms with Crippen molar-refractivity contribution in [2.45, 2.75) is 47.1 Å². The number of rotatable bonds is 6. The van der Waals surface area contributed by atoms with Crippen LogP contribution in [0.15, 0.2) is 17.1 Å². The van der Waals surface area contributed by atoms with Crippen LogP contribution in [-0.2, 0) is 11.2 Å². The molecule has 0 spiro atoms. The van der Waals surface area contributed by atoms with Gasteiger partial charge in [0.25, 0.3) is 0 Å². The van der Waals surface area contributed by atoms with Crippen LogP contribution >= 0.6 is 35.3 Å². The van der Waals surface area contributed by atoms with Crippen molar-refractivity contribution in [3.63, 3.8) is 0 Å². The molecule has 5 nitrogen and oxygen atoms in total. The highest BCUT2D eigenvalue weighted by Gasteiger charge is 2.20. The maximum Gasteiger partial charge on any atom is 0.225 e. The third kappa shape index (κ3) is 8.86. The molecule has 0 aliphatic rings. The molecule has 0 aliphatic carbocycles. The average Bonchev–Trinajstić information content (AvgIpc) is 2.85. The predicted octanol–water partition coefficient (Wildman–Crippen LogP) is 2.93. The summed E-state index contributed by atoms with van der Waals surface area (Å²) in [5, 5.41) is 9.52. The van der Waals surface area contributed by atoms with Crippen molar-refractivity contribution in [1.82, 2.24) is 16.0 Å². The largest absolute Gasteiger partial charge is 0.355 e. The van der Waals surface area contributed by atoms with Crippen molar-refractivity contribution >= 4 is 47.2 Å². The van der Waals surface area contributed by atoms with Crippen LogP contribution in [0.5, 0.6) is 0 Å². The Hall–Kier alpha value is -0.830. The van der Waals surface area contributed by atoms with Crippen LogP contribution < -0.4 is 16.0 Å².